The quantitative estimate of drug-likeness (QED) is 0.214. The van der Waals surface area contributed by atoms with Gasteiger partial charge in [-0.25, -0.2) is 8.42 Å². The van der Waals surface area contributed by atoms with Crippen LogP contribution in [0.2, 0.25) is 5.02 Å². The maximum Gasteiger partial charge on any atom is 0.264 e. The van der Waals surface area contributed by atoms with Gasteiger partial charge in [0.1, 0.15) is 25.8 Å². The van der Waals surface area contributed by atoms with E-state index in [1.165, 1.54) is 17.0 Å². The number of amides is 2. The lowest BCUT2D eigenvalue weighted by atomic mass is 10.0. The molecule has 0 saturated heterocycles. The molecule has 0 fully saturated rings. The molecule has 4 aromatic carbocycles. The lowest BCUT2D eigenvalue weighted by molar-refractivity contribution is -0.140. The third-order valence-electron chi connectivity index (χ3n) is 7.44. The summed E-state index contributed by atoms with van der Waals surface area (Å²) in [4.78, 5) is 30.1. The second-order valence-electron chi connectivity index (χ2n) is 12.2. The SMILES string of the molecule is CC(C)(C)NC(=O)[C@@H](Cc1ccccc1)N(Cc1cccc(Cl)c1)C(=O)CN(c1ccc2c(c1)OCCO2)S(=O)(=O)c1ccccc1. The van der Waals surface area contributed by atoms with Crippen LogP contribution in [0.4, 0.5) is 5.69 Å². The summed E-state index contributed by atoms with van der Waals surface area (Å²) in [6.07, 6.45) is 0.199. The average Bonchev–Trinajstić information content (AvgIpc) is 3.05. The molecule has 1 aliphatic rings. The van der Waals surface area contributed by atoms with E-state index in [2.05, 4.69) is 5.32 Å². The van der Waals surface area contributed by atoms with Crippen molar-refractivity contribution < 1.29 is 27.5 Å². The Morgan fingerprint density at radius 2 is 1.47 bits per heavy atom. The summed E-state index contributed by atoms with van der Waals surface area (Å²) in [5, 5.41) is 3.50. The van der Waals surface area contributed by atoms with Gasteiger partial charge in [-0.3, -0.25) is 13.9 Å². The van der Waals surface area contributed by atoms with Gasteiger partial charge in [0.05, 0.1) is 10.6 Å². The number of hydrogen-bond acceptors (Lipinski definition) is 6. The fourth-order valence-electron chi connectivity index (χ4n) is 5.27. The number of carbonyl (C=O) groups is 2. The topological polar surface area (TPSA) is 105 Å². The van der Waals surface area contributed by atoms with Gasteiger partial charge >= 0.3 is 0 Å². The molecule has 1 N–H and O–H groups in total. The summed E-state index contributed by atoms with van der Waals surface area (Å²) in [5.41, 5.74) is 1.15. The lowest BCUT2D eigenvalue weighted by Gasteiger charge is -2.35. The summed E-state index contributed by atoms with van der Waals surface area (Å²) in [6.45, 7) is 5.68. The van der Waals surface area contributed by atoms with Crippen LogP contribution in [0, 0.1) is 0 Å². The highest BCUT2D eigenvalue weighted by Crippen LogP contribution is 2.36. The Bertz CT molecular complexity index is 1810. The highest BCUT2D eigenvalue weighted by Gasteiger charge is 2.36. The van der Waals surface area contributed by atoms with E-state index >= 15 is 0 Å². The van der Waals surface area contributed by atoms with Crippen molar-refractivity contribution in [3.63, 3.8) is 0 Å². The molecule has 11 heteroatoms. The molecule has 0 spiro atoms. The Labute approximate surface area is 281 Å². The van der Waals surface area contributed by atoms with Crippen molar-refractivity contribution in [2.24, 2.45) is 0 Å². The van der Waals surface area contributed by atoms with E-state index in [0.29, 0.717) is 35.3 Å². The van der Waals surface area contributed by atoms with Gasteiger partial charge in [0, 0.05) is 29.6 Å². The molecule has 4 aromatic rings. The van der Waals surface area contributed by atoms with Gasteiger partial charge in [-0.15, -0.1) is 0 Å². The molecule has 2 amide bonds. The summed E-state index contributed by atoms with van der Waals surface area (Å²) in [5.74, 6) is -0.0950. The van der Waals surface area contributed by atoms with Crippen LogP contribution in [0.3, 0.4) is 0 Å². The first-order chi connectivity index (χ1) is 22.4. The number of carbonyl (C=O) groups excluding carboxylic acids is 2. The van der Waals surface area contributed by atoms with Gasteiger partial charge in [-0.1, -0.05) is 72.3 Å². The minimum absolute atomic E-state index is 0.00875. The van der Waals surface area contributed by atoms with E-state index < -0.39 is 34.1 Å². The molecule has 1 aliphatic heterocycles. The Kier molecular flexibility index (Phi) is 10.4. The lowest BCUT2D eigenvalue weighted by Crippen LogP contribution is -2.56. The van der Waals surface area contributed by atoms with Crippen molar-refractivity contribution in [2.75, 3.05) is 24.1 Å². The summed E-state index contributed by atoms with van der Waals surface area (Å²) >= 11 is 6.32. The van der Waals surface area contributed by atoms with Crippen molar-refractivity contribution >= 4 is 39.1 Å². The molecule has 246 valence electrons. The molecular formula is C36H38ClN3O6S. The van der Waals surface area contributed by atoms with Crippen LogP contribution >= 0.6 is 11.6 Å². The van der Waals surface area contributed by atoms with Gasteiger partial charge in [-0.05, 0) is 68.3 Å². The monoisotopic (exact) mass is 675 g/mol. The molecule has 0 aliphatic carbocycles. The van der Waals surface area contributed by atoms with E-state index in [0.717, 1.165) is 9.87 Å². The van der Waals surface area contributed by atoms with Crippen LogP contribution < -0.4 is 19.1 Å². The number of fused-ring (bicyclic) bond motifs is 1. The number of hydrogen-bond donors (Lipinski definition) is 1. The third kappa shape index (κ3) is 8.64. The third-order valence-corrected chi connectivity index (χ3v) is 9.46. The van der Waals surface area contributed by atoms with Crippen molar-refractivity contribution in [2.45, 2.75) is 50.2 Å². The predicted molar refractivity (Wildman–Crippen MR) is 182 cm³/mol. The largest absolute Gasteiger partial charge is 0.486 e. The van der Waals surface area contributed by atoms with Gasteiger partial charge in [0.15, 0.2) is 11.5 Å². The van der Waals surface area contributed by atoms with Crippen molar-refractivity contribution in [3.8, 4) is 11.5 Å². The summed E-state index contributed by atoms with van der Waals surface area (Å²) < 4.78 is 40.9. The molecule has 0 radical (unpaired) electrons. The normalized spacial score (nSPS) is 13.4. The maximum absolute atomic E-state index is 14.6. The van der Waals surface area contributed by atoms with Crippen LogP contribution in [-0.4, -0.2) is 56.5 Å². The number of ether oxygens (including phenoxy) is 2. The van der Waals surface area contributed by atoms with Crippen molar-refractivity contribution in [1.29, 1.82) is 0 Å². The summed E-state index contributed by atoms with van der Waals surface area (Å²) in [7, 11) is -4.25. The van der Waals surface area contributed by atoms with Crippen molar-refractivity contribution in [1.82, 2.24) is 10.2 Å². The fraction of sp³-hybridized carbons (Fsp3) is 0.278. The number of benzene rings is 4. The van der Waals surface area contributed by atoms with Crippen molar-refractivity contribution in [3.05, 3.63) is 119 Å². The number of anilines is 1. The first-order valence-corrected chi connectivity index (χ1v) is 17.1. The fourth-order valence-corrected chi connectivity index (χ4v) is 6.91. The Balaban J connectivity index is 1.60. The molecular weight excluding hydrogens is 638 g/mol. The van der Waals surface area contributed by atoms with E-state index in [1.54, 1.807) is 54.6 Å². The Morgan fingerprint density at radius 3 is 2.13 bits per heavy atom. The molecule has 0 saturated carbocycles. The average molecular weight is 676 g/mol. The highest BCUT2D eigenvalue weighted by atomic mass is 35.5. The minimum Gasteiger partial charge on any atom is -0.486 e. The van der Waals surface area contributed by atoms with Gasteiger partial charge in [-0.2, -0.15) is 0 Å². The first kappa shape index (κ1) is 33.8. The molecule has 0 aromatic heterocycles. The molecule has 47 heavy (non-hydrogen) atoms. The van der Waals surface area contributed by atoms with Crippen LogP contribution in [0.1, 0.15) is 31.9 Å². The van der Waals surface area contributed by atoms with E-state index in [-0.39, 0.29) is 29.5 Å². The molecule has 0 bridgehead atoms. The van der Waals surface area contributed by atoms with Crippen LogP contribution in [0.15, 0.2) is 108 Å². The standard InChI is InChI=1S/C36H38ClN3O6S/c1-36(2,3)38-35(42)31(22-26-11-6-4-7-12-26)39(24-27-13-10-14-28(37)21-27)34(41)25-40(47(43,44)30-15-8-5-9-16-30)29-17-18-32-33(23-29)46-20-19-45-32/h4-18,21,23,31H,19-20,22,24-25H2,1-3H3,(H,38,42)/t31-/m1/s1. The van der Waals surface area contributed by atoms with Gasteiger partial charge in [0.25, 0.3) is 10.0 Å². The van der Waals surface area contributed by atoms with Gasteiger partial charge in [0.2, 0.25) is 11.8 Å². The molecule has 1 heterocycles. The molecule has 0 unspecified atom stereocenters. The zero-order valence-corrected chi connectivity index (χ0v) is 28.1. The van der Waals surface area contributed by atoms with Crippen LogP contribution in [0.5, 0.6) is 11.5 Å². The van der Waals surface area contributed by atoms with Crippen LogP contribution in [-0.2, 0) is 32.6 Å². The summed E-state index contributed by atoms with van der Waals surface area (Å²) in [6, 6.07) is 28.1. The number of sulfonamides is 1. The van der Waals surface area contributed by atoms with E-state index in [1.807, 2.05) is 57.2 Å². The molecule has 9 nitrogen and oxygen atoms in total. The highest BCUT2D eigenvalue weighted by molar-refractivity contribution is 7.92. The zero-order valence-electron chi connectivity index (χ0n) is 26.6. The Morgan fingerprint density at radius 1 is 0.830 bits per heavy atom. The second kappa shape index (κ2) is 14.5. The zero-order chi connectivity index (χ0) is 33.6. The Hall–Kier alpha value is -4.54. The first-order valence-electron chi connectivity index (χ1n) is 15.3. The molecule has 5 rings (SSSR count). The van der Waals surface area contributed by atoms with E-state index in [9.17, 15) is 18.0 Å². The second-order valence-corrected chi connectivity index (χ2v) is 14.5. The minimum atomic E-state index is -4.25. The van der Waals surface area contributed by atoms with E-state index in [4.69, 9.17) is 21.1 Å². The number of nitrogens with zero attached hydrogens (tertiary/aromatic N) is 2. The predicted octanol–water partition coefficient (Wildman–Crippen LogP) is 5.86. The number of rotatable bonds is 11. The maximum atomic E-state index is 14.6. The molecule has 1 atom stereocenters. The smallest absolute Gasteiger partial charge is 0.264 e. The number of nitrogens with one attached hydrogen (secondary N) is 1. The van der Waals surface area contributed by atoms with Crippen LogP contribution in [0.25, 0.3) is 0 Å². The van der Waals surface area contributed by atoms with Gasteiger partial charge < -0.3 is 19.7 Å². The number of halogens is 1.